The lowest BCUT2D eigenvalue weighted by Gasteiger charge is -2.21. The molecule has 0 spiro atoms. The molecule has 0 atom stereocenters. The SMILES string of the molecule is CNC(=O)c1cccc(-c2cc(C)c(F)c(C(=O)NNS(=O)(=O)CC3CCCCC3)c2)c1. The number of aryl methyl sites for hydroxylation is 1. The smallest absolute Gasteiger partial charge is 0.269 e. The lowest BCUT2D eigenvalue weighted by atomic mass is 9.91. The van der Waals surface area contributed by atoms with Gasteiger partial charge in [-0.3, -0.25) is 15.0 Å². The first-order chi connectivity index (χ1) is 15.2. The largest absolute Gasteiger partial charge is 0.355 e. The molecule has 1 aliphatic carbocycles. The third-order valence-electron chi connectivity index (χ3n) is 5.68. The molecule has 2 aromatic carbocycles. The summed E-state index contributed by atoms with van der Waals surface area (Å²) < 4.78 is 39.4. The van der Waals surface area contributed by atoms with Gasteiger partial charge in [0.25, 0.3) is 11.8 Å². The molecule has 0 radical (unpaired) electrons. The Labute approximate surface area is 187 Å². The molecule has 172 valence electrons. The fraction of sp³-hybridized carbons (Fsp3) is 0.391. The Balaban J connectivity index is 1.78. The summed E-state index contributed by atoms with van der Waals surface area (Å²) in [6, 6.07) is 9.64. The van der Waals surface area contributed by atoms with Crippen LogP contribution in [-0.4, -0.2) is 33.0 Å². The van der Waals surface area contributed by atoms with Gasteiger partial charge in [0.05, 0.1) is 11.3 Å². The summed E-state index contributed by atoms with van der Waals surface area (Å²) in [5.74, 6) is -1.90. The molecule has 7 nitrogen and oxygen atoms in total. The zero-order valence-electron chi connectivity index (χ0n) is 18.2. The fourth-order valence-corrected chi connectivity index (χ4v) is 5.27. The van der Waals surface area contributed by atoms with Crippen molar-refractivity contribution >= 4 is 21.8 Å². The molecule has 1 fully saturated rings. The van der Waals surface area contributed by atoms with E-state index in [-0.39, 0.29) is 28.7 Å². The number of carbonyl (C=O) groups is 2. The number of carbonyl (C=O) groups excluding carboxylic acids is 2. The molecule has 32 heavy (non-hydrogen) atoms. The van der Waals surface area contributed by atoms with E-state index in [4.69, 9.17) is 0 Å². The van der Waals surface area contributed by atoms with Crippen LogP contribution in [0.1, 0.15) is 58.4 Å². The molecule has 0 unspecified atom stereocenters. The minimum absolute atomic E-state index is 0.0630. The van der Waals surface area contributed by atoms with Crippen molar-refractivity contribution in [1.82, 2.24) is 15.6 Å². The first kappa shape index (κ1) is 23.9. The Bertz CT molecular complexity index is 1110. The van der Waals surface area contributed by atoms with E-state index in [0.717, 1.165) is 32.1 Å². The Kier molecular flexibility index (Phi) is 7.63. The van der Waals surface area contributed by atoms with Gasteiger partial charge >= 0.3 is 0 Å². The van der Waals surface area contributed by atoms with Crippen molar-refractivity contribution < 1.29 is 22.4 Å². The van der Waals surface area contributed by atoms with Crippen molar-refractivity contribution in [2.45, 2.75) is 39.0 Å². The third-order valence-corrected chi connectivity index (χ3v) is 7.01. The van der Waals surface area contributed by atoms with Crippen LogP contribution in [0.15, 0.2) is 36.4 Å². The fourth-order valence-electron chi connectivity index (χ4n) is 3.98. The highest BCUT2D eigenvalue weighted by Crippen LogP contribution is 2.26. The number of halogens is 1. The van der Waals surface area contributed by atoms with Gasteiger partial charge in [0.1, 0.15) is 5.82 Å². The molecule has 0 aliphatic heterocycles. The molecular weight excluding hydrogens is 433 g/mol. The third kappa shape index (κ3) is 5.92. The van der Waals surface area contributed by atoms with E-state index in [1.165, 1.54) is 20.0 Å². The van der Waals surface area contributed by atoms with Gasteiger partial charge in [-0.1, -0.05) is 31.4 Å². The number of benzene rings is 2. The summed E-state index contributed by atoms with van der Waals surface area (Å²) in [5, 5.41) is 2.54. The van der Waals surface area contributed by atoms with Crippen LogP contribution < -0.4 is 15.6 Å². The predicted octanol–water partition coefficient (Wildman–Crippen LogP) is 3.31. The maximum atomic E-state index is 14.7. The van der Waals surface area contributed by atoms with Crippen LogP contribution in [0.3, 0.4) is 0 Å². The van der Waals surface area contributed by atoms with E-state index in [1.54, 1.807) is 30.3 Å². The van der Waals surface area contributed by atoms with Crippen LogP contribution in [0.25, 0.3) is 11.1 Å². The molecule has 0 aromatic heterocycles. The van der Waals surface area contributed by atoms with Gasteiger partial charge in [0.2, 0.25) is 10.0 Å². The molecular formula is C23H28FN3O4S. The van der Waals surface area contributed by atoms with Crippen molar-refractivity contribution in [3.05, 3.63) is 58.9 Å². The number of rotatable bonds is 7. The summed E-state index contributed by atoms with van der Waals surface area (Å²) >= 11 is 0. The summed E-state index contributed by atoms with van der Waals surface area (Å²) in [4.78, 5) is 26.6. The molecule has 3 N–H and O–H groups in total. The van der Waals surface area contributed by atoms with E-state index in [2.05, 4.69) is 15.6 Å². The Hall–Kier alpha value is -2.78. The quantitative estimate of drug-likeness (QED) is 0.550. The average Bonchev–Trinajstić information content (AvgIpc) is 2.79. The average molecular weight is 462 g/mol. The minimum Gasteiger partial charge on any atom is -0.355 e. The normalized spacial score (nSPS) is 14.7. The maximum absolute atomic E-state index is 14.7. The van der Waals surface area contributed by atoms with Crippen LogP contribution in [-0.2, 0) is 10.0 Å². The van der Waals surface area contributed by atoms with Crippen LogP contribution in [0.4, 0.5) is 4.39 Å². The van der Waals surface area contributed by atoms with Crippen molar-refractivity contribution in [3.63, 3.8) is 0 Å². The molecule has 9 heteroatoms. The van der Waals surface area contributed by atoms with Crippen LogP contribution in [0.2, 0.25) is 0 Å². The zero-order valence-corrected chi connectivity index (χ0v) is 19.0. The van der Waals surface area contributed by atoms with Gasteiger partial charge in [-0.25, -0.2) is 12.8 Å². The summed E-state index contributed by atoms with van der Waals surface area (Å²) in [7, 11) is -2.21. The lowest BCUT2D eigenvalue weighted by molar-refractivity contribution is 0.0938. The van der Waals surface area contributed by atoms with E-state index >= 15 is 0 Å². The van der Waals surface area contributed by atoms with Crippen molar-refractivity contribution in [3.8, 4) is 11.1 Å². The number of amides is 2. The summed E-state index contributed by atoms with van der Waals surface area (Å²) in [5.41, 5.74) is 3.65. The first-order valence-corrected chi connectivity index (χ1v) is 12.3. The second-order valence-corrected chi connectivity index (χ2v) is 9.92. The monoisotopic (exact) mass is 461 g/mol. The molecule has 0 bridgehead atoms. The second-order valence-electron chi connectivity index (χ2n) is 8.16. The van der Waals surface area contributed by atoms with Crippen LogP contribution in [0, 0.1) is 18.7 Å². The standard InChI is InChI=1S/C23H28FN3O4S/c1-15-11-19(17-9-6-10-18(12-17)22(28)25-2)13-20(21(15)24)23(29)26-27-32(30,31)14-16-7-4-3-5-8-16/h6,9-13,16,27H,3-5,7-8,14H2,1-2H3,(H,25,28)(H,26,29). The van der Waals surface area contributed by atoms with Crippen molar-refractivity contribution in [1.29, 1.82) is 0 Å². The molecule has 0 saturated heterocycles. The van der Waals surface area contributed by atoms with Gasteiger partial charge in [0, 0.05) is 12.6 Å². The Morgan fingerprint density at radius 3 is 2.44 bits per heavy atom. The van der Waals surface area contributed by atoms with Gasteiger partial charge in [-0.15, -0.1) is 4.83 Å². The molecule has 0 heterocycles. The number of hydrogen-bond donors (Lipinski definition) is 3. The molecule has 2 amide bonds. The predicted molar refractivity (Wildman–Crippen MR) is 121 cm³/mol. The molecule has 1 saturated carbocycles. The van der Waals surface area contributed by atoms with Gasteiger partial charge in [0.15, 0.2) is 0 Å². The second kappa shape index (κ2) is 10.2. The van der Waals surface area contributed by atoms with Gasteiger partial charge in [-0.2, -0.15) is 0 Å². The maximum Gasteiger partial charge on any atom is 0.269 e. The zero-order chi connectivity index (χ0) is 23.3. The minimum atomic E-state index is -3.74. The van der Waals surface area contributed by atoms with E-state index < -0.39 is 21.7 Å². The highest BCUT2D eigenvalue weighted by Gasteiger charge is 2.23. The number of sulfonamides is 1. The Morgan fingerprint density at radius 1 is 1.03 bits per heavy atom. The number of nitrogens with one attached hydrogen (secondary N) is 3. The van der Waals surface area contributed by atoms with E-state index in [0.29, 0.717) is 16.7 Å². The van der Waals surface area contributed by atoms with Gasteiger partial charge in [-0.05, 0) is 66.6 Å². The van der Waals surface area contributed by atoms with Gasteiger partial charge < -0.3 is 5.32 Å². The summed E-state index contributed by atoms with van der Waals surface area (Å²) in [6.07, 6.45) is 4.82. The van der Waals surface area contributed by atoms with Crippen molar-refractivity contribution in [2.24, 2.45) is 5.92 Å². The van der Waals surface area contributed by atoms with Crippen LogP contribution in [0.5, 0.6) is 0 Å². The molecule has 1 aliphatic rings. The molecule has 2 aromatic rings. The molecule has 3 rings (SSSR count). The summed E-state index contributed by atoms with van der Waals surface area (Å²) in [6.45, 7) is 1.52. The van der Waals surface area contributed by atoms with Crippen LogP contribution >= 0.6 is 0 Å². The topological polar surface area (TPSA) is 104 Å². The van der Waals surface area contributed by atoms with Crippen molar-refractivity contribution in [2.75, 3.05) is 12.8 Å². The number of hydrogen-bond acceptors (Lipinski definition) is 4. The highest BCUT2D eigenvalue weighted by atomic mass is 32.2. The number of hydrazine groups is 1. The lowest BCUT2D eigenvalue weighted by Crippen LogP contribution is -2.44. The Morgan fingerprint density at radius 2 is 1.75 bits per heavy atom. The first-order valence-electron chi connectivity index (χ1n) is 10.6. The highest BCUT2D eigenvalue weighted by molar-refractivity contribution is 7.89. The van der Waals surface area contributed by atoms with E-state index in [1.807, 2.05) is 0 Å². The van der Waals surface area contributed by atoms with E-state index in [9.17, 15) is 22.4 Å².